The molecule has 0 amide bonds. The molecule has 0 aromatic rings. The molecule has 0 saturated carbocycles. The van der Waals surface area contributed by atoms with Crippen LogP contribution in [-0.4, -0.2) is 19.8 Å². The van der Waals surface area contributed by atoms with Crippen molar-refractivity contribution in [3.8, 4) is 0 Å². The molecule has 0 aromatic heterocycles. The fraction of sp³-hybridized carbons (Fsp3) is 1.00. The predicted molar refractivity (Wildman–Crippen MR) is 57.0 cm³/mol. The number of alkyl halides is 1. The molecular formula is C8H19BrOSi. The highest BCUT2D eigenvalue weighted by Gasteiger charge is 2.16. The first-order valence-corrected chi connectivity index (χ1v) is 6.60. The van der Waals surface area contributed by atoms with Crippen LogP contribution in [0.25, 0.3) is 0 Å². The van der Waals surface area contributed by atoms with Crippen LogP contribution in [0.3, 0.4) is 0 Å². The van der Waals surface area contributed by atoms with Gasteiger partial charge in [0, 0.05) is 10.1 Å². The zero-order valence-corrected chi connectivity index (χ0v) is 11.0. The van der Waals surface area contributed by atoms with E-state index in [9.17, 15) is 0 Å². The number of rotatable bonds is 5. The van der Waals surface area contributed by atoms with Gasteiger partial charge < -0.3 is 4.43 Å². The molecule has 1 nitrogen and oxygen atoms in total. The average molecular weight is 239 g/mol. The van der Waals surface area contributed by atoms with Gasteiger partial charge in [0.2, 0.25) is 0 Å². The van der Waals surface area contributed by atoms with Gasteiger partial charge in [0.1, 0.15) is 0 Å². The Hall–Kier alpha value is 0.657. The summed E-state index contributed by atoms with van der Waals surface area (Å²) in [6, 6.07) is 0. The van der Waals surface area contributed by atoms with Crippen molar-refractivity contribution < 1.29 is 4.43 Å². The maximum Gasteiger partial charge on any atom is 0.175 e. The predicted octanol–water partition coefficient (Wildman–Crippen LogP) is 2.41. The van der Waals surface area contributed by atoms with Gasteiger partial charge in [-0.1, -0.05) is 29.8 Å². The smallest absolute Gasteiger partial charge is 0.175 e. The minimum Gasteiger partial charge on any atom is -0.418 e. The van der Waals surface area contributed by atoms with Crippen molar-refractivity contribution in [1.82, 2.24) is 0 Å². The van der Waals surface area contributed by atoms with Gasteiger partial charge in [-0.15, -0.1) is 0 Å². The van der Waals surface area contributed by atoms with E-state index in [1.54, 1.807) is 0 Å². The third-order valence-electron chi connectivity index (χ3n) is 1.95. The molecule has 1 unspecified atom stereocenters. The van der Waals surface area contributed by atoms with Gasteiger partial charge in [-0.2, -0.15) is 0 Å². The van der Waals surface area contributed by atoms with Crippen molar-refractivity contribution in [3.05, 3.63) is 0 Å². The molecule has 1 atom stereocenters. The van der Waals surface area contributed by atoms with Gasteiger partial charge in [0.25, 0.3) is 0 Å². The Morgan fingerprint density at radius 2 is 2.00 bits per heavy atom. The van der Waals surface area contributed by atoms with Crippen LogP contribution in [0.2, 0.25) is 0 Å². The highest BCUT2D eigenvalue weighted by atomic mass is 79.9. The topological polar surface area (TPSA) is 9.23 Å². The van der Waals surface area contributed by atoms with E-state index < -0.39 is 0 Å². The molecule has 0 N–H and O–H groups in total. The van der Waals surface area contributed by atoms with Gasteiger partial charge in [-0.05, 0) is 26.7 Å². The Labute approximate surface area is 81.0 Å². The normalized spacial score (nSPS) is 16.1. The largest absolute Gasteiger partial charge is 0.418 e. The Bertz CT molecular complexity index is 106. The van der Waals surface area contributed by atoms with Crippen LogP contribution in [0.4, 0.5) is 0 Å². The first-order chi connectivity index (χ1) is 5.02. The molecule has 0 fully saturated rings. The van der Waals surface area contributed by atoms with E-state index >= 15 is 0 Å². The molecule has 0 aromatic carbocycles. The van der Waals surface area contributed by atoms with Crippen molar-refractivity contribution in [3.63, 3.8) is 0 Å². The summed E-state index contributed by atoms with van der Waals surface area (Å²) in [6.45, 7) is 8.68. The standard InChI is InChI=1S/C8H19BrOSi/c1-5-7(9)11-10-8(3,4)6-2/h7H,5-6,11H2,1-4H3. The maximum absolute atomic E-state index is 5.82. The van der Waals surface area contributed by atoms with Gasteiger partial charge in [0.05, 0.1) is 0 Å². The highest BCUT2D eigenvalue weighted by molar-refractivity contribution is 9.10. The lowest BCUT2D eigenvalue weighted by Crippen LogP contribution is -2.28. The van der Waals surface area contributed by atoms with E-state index in [1.807, 2.05) is 0 Å². The summed E-state index contributed by atoms with van der Waals surface area (Å²) in [5.41, 5.74) is 0.105. The Balaban J connectivity index is 3.52. The maximum atomic E-state index is 5.82. The lowest BCUT2D eigenvalue weighted by Gasteiger charge is -2.25. The lowest BCUT2D eigenvalue weighted by molar-refractivity contribution is 0.111. The highest BCUT2D eigenvalue weighted by Crippen LogP contribution is 2.14. The summed E-state index contributed by atoms with van der Waals surface area (Å²) < 4.78 is 6.47. The molecule has 3 heteroatoms. The van der Waals surface area contributed by atoms with Crippen LogP contribution >= 0.6 is 15.9 Å². The lowest BCUT2D eigenvalue weighted by atomic mass is 10.1. The molecule has 0 bridgehead atoms. The van der Waals surface area contributed by atoms with Gasteiger partial charge in [0.15, 0.2) is 9.76 Å². The van der Waals surface area contributed by atoms with Crippen molar-refractivity contribution in [1.29, 1.82) is 0 Å². The molecule has 0 aliphatic rings. The number of halogens is 1. The van der Waals surface area contributed by atoms with E-state index in [0.29, 0.717) is 4.45 Å². The second-order valence-electron chi connectivity index (χ2n) is 3.43. The van der Waals surface area contributed by atoms with Crippen LogP contribution in [0.5, 0.6) is 0 Å². The Morgan fingerprint density at radius 1 is 1.45 bits per heavy atom. The van der Waals surface area contributed by atoms with Crippen LogP contribution in [-0.2, 0) is 4.43 Å². The van der Waals surface area contributed by atoms with E-state index in [-0.39, 0.29) is 15.4 Å². The number of hydrogen-bond donors (Lipinski definition) is 0. The minimum absolute atomic E-state index is 0.105. The Kier molecular flexibility index (Phi) is 5.65. The van der Waals surface area contributed by atoms with E-state index in [4.69, 9.17) is 4.43 Å². The summed E-state index contributed by atoms with van der Waals surface area (Å²) in [5, 5.41) is 0. The summed E-state index contributed by atoms with van der Waals surface area (Å²) >= 11 is 3.60. The summed E-state index contributed by atoms with van der Waals surface area (Å²) in [7, 11) is -0.363. The summed E-state index contributed by atoms with van der Waals surface area (Å²) in [5.74, 6) is 0. The monoisotopic (exact) mass is 238 g/mol. The molecular weight excluding hydrogens is 220 g/mol. The van der Waals surface area contributed by atoms with E-state index in [0.717, 1.165) is 6.42 Å². The Morgan fingerprint density at radius 3 is 2.36 bits per heavy atom. The van der Waals surface area contributed by atoms with Crippen molar-refractivity contribution >= 4 is 25.7 Å². The number of hydrogen-bond acceptors (Lipinski definition) is 1. The fourth-order valence-electron chi connectivity index (χ4n) is 0.536. The van der Waals surface area contributed by atoms with Gasteiger partial charge >= 0.3 is 0 Å². The van der Waals surface area contributed by atoms with Crippen LogP contribution in [0, 0.1) is 0 Å². The molecule has 68 valence electrons. The molecule has 0 saturated heterocycles. The zero-order valence-electron chi connectivity index (χ0n) is 7.98. The molecule has 0 radical (unpaired) electrons. The zero-order chi connectivity index (χ0) is 8.91. The second-order valence-corrected chi connectivity index (χ2v) is 7.53. The molecule has 0 aliphatic heterocycles. The van der Waals surface area contributed by atoms with Gasteiger partial charge in [-0.3, -0.25) is 0 Å². The second kappa shape index (κ2) is 5.33. The van der Waals surface area contributed by atoms with Crippen molar-refractivity contribution in [2.24, 2.45) is 0 Å². The van der Waals surface area contributed by atoms with Crippen LogP contribution < -0.4 is 0 Å². The van der Waals surface area contributed by atoms with Crippen LogP contribution in [0.15, 0.2) is 0 Å². The summed E-state index contributed by atoms with van der Waals surface area (Å²) in [4.78, 5) is 0. The van der Waals surface area contributed by atoms with E-state index in [1.165, 1.54) is 6.42 Å². The van der Waals surface area contributed by atoms with Crippen molar-refractivity contribution in [2.75, 3.05) is 0 Å². The van der Waals surface area contributed by atoms with Crippen molar-refractivity contribution in [2.45, 2.75) is 50.6 Å². The fourth-order valence-corrected chi connectivity index (χ4v) is 2.00. The third kappa shape index (κ3) is 5.88. The molecule has 11 heavy (non-hydrogen) atoms. The first kappa shape index (κ1) is 11.7. The molecule has 0 heterocycles. The van der Waals surface area contributed by atoms with Gasteiger partial charge in [-0.25, -0.2) is 0 Å². The van der Waals surface area contributed by atoms with Crippen LogP contribution in [0.1, 0.15) is 40.5 Å². The molecule has 0 rings (SSSR count). The van der Waals surface area contributed by atoms with E-state index in [2.05, 4.69) is 43.6 Å². The quantitative estimate of drug-likeness (QED) is 0.529. The minimum atomic E-state index is -0.363. The molecule has 0 aliphatic carbocycles. The summed E-state index contributed by atoms with van der Waals surface area (Å²) in [6.07, 6.45) is 2.29. The SMILES string of the molecule is CCC(Br)[SiH2]OC(C)(C)CC. The first-order valence-electron chi connectivity index (χ1n) is 4.30. The molecule has 0 spiro atoms. The third-order valence-corrected chi connectivity index (χ3v) is 5.28. The average Bonchev–Trinajstić information content (AvgIpc) is 2.00.